The van der Waals surface area contributed by atoms with E-state index < -0.39 is 0 Å². The van der Waals surface area contributed by atoms with Gasteiger partial charge in [-0.1, -0.05) is 42.9 Å². The number of aliphatic imine (C=N–C) groups is 1. The molecular formula is C15H24N2. The summed E-state index contributed by atoms with van der Waals surface area (Å²) in [7, 11) is 0. The third kappa shape index (κ3) is 5.03. The fourth-order valence-corrected chi connectivity index (χ4v) is 1.89. The zero-order valence-corrected chi connectivity index (χ0v) is 11.2. The van der Waals surface area contributed by atoms with Crippen molar-refractivity contribution in [2.45, 2.75) is 33.6 Å². The van der Waals surface area contributed by atoms with E-state index >= 15 is 0 Å². The first-order valence-corrected chi connectivity index (χ1v) is 6.33. The Labute approximate surface area is 105 Å². The second kappa shape index (κ2) is 6.43. The fourth-order valence-electron chi connectivity index (χ4n) is 1.89. The Bertz CT molecular complexity index is 357. The third-order valence-corrected chi connectivity index (χ3v) is 3.07. The van der Waals surface area contributed by atoms with Gasteiger partial charge in [0.1, 0.15) is 0 Å². The predicted molar refractivity (Wildman–Crippen MR) is 76.1 cm³/mol. The lowest BCUT2D eigenvalue weighted by Gasteiger charge is -1.98. The number of hydrogen-bond donors (Lipinski definition) is 1. The van der Waals surface area contributed by atoms with Crippen LogP contribution in [0.4, 0.5) is 0 Å². The first-order valence-electron chi connectivity index (χ1n) is 6.33. The van der Waals surface area contributed by atoms with Gasteiger partial charge in [-0.05, 0) is 38.5 Å². The van der Waals surface area contributed by atoms with Crippen LogP contribution in [-0.4, -0.2) is 12.4 Å². The number of nitrogens with two attached hydrogens (primary N) is 1. The Morgan fingerprint density at radius 3 is 2.53 bits per heavy atom. The van der Waals surface area contributed by atoms with Crippen LogP contribution < -0.4 is 5.73 Å². The highest BCUT2D eigenvalue weighted by Crippen LogP contribution is 2.42. The molecule has 2 N–H and O–H groups in total. The minimum atomic E-state index is 0.657. The molecule has 0 aromatic rings. The molecule has 94 valence electrons. The van der Waals surface area contributed by atoms with Gasteiger partial charge in [0.05, 0.1) is 12.4 Å². The quantitative estimate of drug-likeness (QED) is 0.324. The molecule has 0 radical (unpaired) electrons. The van der Waals surface area contributed by atoms with Gasteiger partial charge in [-0.25, -0.2) is 0 Å². The summed E-state index contributed by atoms with van der Waals surface area (Å²) >= 11 is 0. The van der Waals surface area contributed by atoms with Gasteiger partial charge in [-0.3, -0.25) is 4.99 Å². The Hall–Kier alpha value is -1.31. The lowest BCUT2D eigenvalue weighted by Crippen LogP contribution is -2.06. The smallest absolute Gasteiger partial charge is 0.0909 e. The summed E-state index contributed by atoms with van der Waals surface area (Å²) in [5.41, 5.74) is 8.19. The number of hydrogen-bond acceptors (Lipinski definition) is 1. The molecule has 1 aliphatic carbocycles. The van der Waals surface area contributed by atoms with E-state index in [9.17, 15) is 0 Å². The van der Waals surface area contributed by atoms with Gasteiger partial charge < -0.3 is 5.73 Å². The molecule has 0 saturated heterocycles. The lowest BCUT2D eigenvalue weighted by molar-refractivity contribution is 0.949. The summed E-state index contributed by atoms with van der Waals surface area (Å²) in [6.07, 6.45) is 9.00. The van der Waals surface area contributed by atoms with E-state index in [2.05, 4.69) is 37.6 Å². The number of rotatable bonds is 6. The summed E-state index contributed by atoms with van der Waals surface area (Å²) in [5.74, 6) is 2.07. The van der Waals surface area contributed by atoms with Crippen molar-refractivity contribution >= 4 is 5.84 Å². The van der Waals surface area contributed by atoms with Gasteiger partial charge >= 0.3 is 0 Å². The van der Waals surface area contributed by atoms with Crippen LogP contribution in [0, 0.1) is 11.8 Å². The van der Waals surface area contributed by atoms with Gasteiger partial charge in [0.15, 0.2) is 0 Å². The van der Waals surface area contributed by atoms with Crippen LogP contribution in [0.15, 0.2) is 40.9 Å². The number of nitrogens with zero attached hydrogens (tertiary/aromatic N) is 1. The zero-order chi connectivity index (χ0) is 12.8. The maximum atomic E-state index is 5.52. The minimum Gasteiger partial charge on any atom is -0.388 e. The van der Waals surface area contributed by atoms with Crippen LogP contribution >= 0.6 is 0 Å². The van der Waals surface area contributed by atoms with E-state index in [1.54, 1.807) is 0 Å². The van der Waals surface area contributed by atoms with Crippen LogP contribution in [0.25, 0.3) is 0 Å². The van der Waals surface area contributed by atoms with Gasteiger partial charge in [-0.15, -0.1) is 0 Å². The summed E-state index contributed by atoms with van der Waals surface area (Å²) < 4.78 is 0. The maximum absolute atomic E-state index is 5.52. The Kier molecular flexibility index (Phi) is 5.20. The second-order valence-corrected chi connectivity index (χ2v) is 4.83. The van der Waals surface area contributed by atoms with E-state index in [0.717, 1.165) is 13.0 Å². The van der Waals surface area contributed by atoms with Crippen molar-refractivity contribution in [1.29, 1.82) is 0 Å². The molecular weight excluding hydrogens is 208 g/mol. The highest BCUT2D eigenvalue weighted by Gasteiger charge is 2.33. The Balaban J connectivity index is 2.46. The molecule has 17 heavy (non-hydrogen) atoms. The van der Waals surface area contributed by atoms with Gasteiger partial charge in [-0.2, -0.15) is 0 Å². The Morgan fingerprint density at radius 2 is 2.00 bits per heavy atom. The standard InChI is InChI=1S/C15H24N2/c1-5-13(6-2)8-15-9-14(15)7-11(3)10-17-12(4)16/h5,7-8,14-15H,1,6,9-10H2,2-4H3,(H2,16,17)/b11-7+,13-8+. The summed E-state index contributed by atoms with van der Waals surface area (Å²) in [5, 5.41) is 0. The van der Waals surface area contributed by atoms with Crippen molar-refractivity contribution < 1.29 is 0 Å². The maximum Gasteiger partial charge on any atom is 0.0909 e. The molecule has 2 nitrogen and oxygen atoms in total. The minimum absolute atomic E-state index is 0.657. The lowest BCUT2D eigenvalue weighted by atomic mass is 10.1. The van der Waals surface area contributed by atoms with E-state index in [0.29, 0.717) is 17.7 Å². The van der Waals surface area contributed by atoms with Gasteiger partial charge in [0.25, 0.3) is 0 Å². The van der Waals surface area contributed by atoms with Crippen LogP contribution in [0.3, 0.4) is 0 Å². The summed E-state index contributed by atoms with van der Waals surface area (Å²) in [4.78, 5) is 4.22. The molecule has 2 atom stereocenters. The number of allylic oxidation sites excluding steroid dienone is 4. The van der Waals surface area contributed by atoms with Crippen molar-refractivity contribution in [3.8, 4) is 0 Å². The predicted octanol–water partition coefficient (Wildman–Crippen LogP) is 3.47. The normalized spacial score (nSPS) is 25.9. The van der Waals surface area contributed by atoms with Gasteiger partial charge in [0.2, 0.25) is 0 Å². The summed E-state index contributed by atoms with van der Waals surface area (Å²) in [6.45, 7) is 10.7. The van der Waals surface area contributed by atoms with Crippen LogP contribution in [-0.2, 0) is 0 Å². The van der Waals surface area contributed by atoms with Gasteiger partial charge in [0, 0.05) is 0 Å². The van der Waals surface area contributed by atoms with E-state index in [4.69, 9.17) is 5.73 Å². The highest BCUT2D eigenvalue weighted by molar-refractivity contribution is 5.77. The molecule has 0 aliphatic heterocycles. The topological polar surface area (TPSA) is 38.4 Å². The van der Waals surface area contributed by atoms with Crippen LogP contribution in [0.2, 0.25) is 0 Å². The van der Waals surface area contributed by atoms with Crippen molar-refractivity contribution in [2.75, 3.05) is 6.54 Å². The second-order valence-electron chi connectivity index (χ2n) is 4.83. The Morgan fingerprint density at radius 1 is 1.35 bits per heavy atom. The van der Waals surface area contributed by atoms with Crippen molar-refractivity contribution in [3.63, 3.8) is 0 Å². The highest BCUT2D eigenvalue weighted by atomic mass is 14.8. The molecule has 1 saturated carbocycles. The first kappa shape index (κ1) is 13.8. The molecule has 1 aliphatic rings. The largest absolute Gasteiger partial charge is 0.388 e. The molecule has 0 bridgehead atoms. The molecule has 2 heteroatoms. The monoisotopic (exact) mass is 232 g/mol. The molecule has 0 spiro atoms. The molecule has 0 amide bonds. The third-order valence-electron chi connectivity index (χ3n) is 3.07. The SMILES string of the molecule is C=C/C(=C\C1CC1/C=C(\C)CN=C(C)N)CC. The van der Waals surface area contributed by atoms with E-state index in [1.807, 2.05) is 13.0 Å². The molecule has 1 rings (SSSR count). The fraction of sp³-hybridized carbons (Fsp3) is 0.533. The average molecular weight is 232 g/mol. The van der Waals surface area contributed by atoms with Crippen molar-refractivity contribution in [3.05, 3.63) is 36.0 Å². The average Bonchev–Trinajstić information content (AvgIpc) is 3.01. The number of amidine groups is 1. The first-order chi connectivity index (χ1) is 8.06. The molecule has 0 aromatic heterocycles. The molecule has 1 fully saturated rings. The van der Waals surface area contributed by atoms with Crippen molar-refractivity contribution in [2.24, 2.45) is 22.6 Å². The summed E-state index contributed by atoms with van der Waals surface area (Å²) in [6, 6.07) is 0. The molecule has 0 aromatic carbocycles. The van der Waals surface area contributed by atoms with E-state index in [1.165, 1.54) is 17.6 Å². The van der Waals surface area contributed by atoms with E-state index in [-0.39, 0.29) is 0 Å². The molecule has 2 unspecified atom stereocenters. The van der Waals surface area contributed by atoms with Crippen LogP contribution in [0.1, 0.15) is 33.6 Å². The molecule has 0 heterocycles. The van der Waals surface area contributed by atoms with Crippen molar-refractivity contribution in [1.82, 2.24) is 0 Å². The van der Waals surface area contributed by atoms with Crippen LogP contribution in [0.5, 0.6) is 0 Å². The zero-order valence-electron chi connectivity index (χ0n) is 11.2.